The van der Waals surface area contributed by atoms with Crippen LogP contribution in [0.5, 0.6) is 0 Å². The number of guanidine groups is 1. The third kappa shape index (κ3) is 3.03. The molecule has 7 heteroatoms. The monoisotopic (exact) mass is 387 g/mol. The van der Waals surface area contributed by atoms with Gasteiger partial charge in [0.15, 0.2) is 5.96 Å². The van der Waals surface area contributed by atoms with Gasteiger partial charge in [-0.25, -0.2) is 0 Å². The van der Waals surface area contributed by atoms with E-state index in [1.165, 1.54) is 32.1 Å². The third-order valence-corrected chi connectivity index (χ3v) is 7.52. The quantitative estimate of drug-likeness (QED) is 0.632. The molecule has 3 heterocycles. The van der Waals surface area contributed by atoms with Gasteiger partial charge in [-0.15, -0.1) is 0 Å². The Kier molecular flexibility index (Phi) is 4.83. The van der Waals surface area contributed by atoms with E-state index in [2.05, 4.69) is 25.3 Å². The Labute approximate surface area is 167 Å². The van der Waals surface area contributed by atoms with Gasteiger partial charge in [0, 0.05) is 69.8 Å². The fourth-order valence-electron chi connectivity index (χ4n) is 6.18. The van der Waals surface area contributed by atoms with E-state index in [0.29, 0.717) is 23.5 Å². The summed E-state index contributed by atoms with van der Waals surface area (Å²) >= 11 is 0. The molecule has 5 rings (SSSR count). The number of nitrogens with zero attached hydrogens (tertiary/aromatic N) is 4. The average Bonchev–Trinajstić information content (AvgIpc) is 3.44. The molecule has 1 spiro atoms. The van der Waals surface area contributed by atoms with Crippen LogP contribution in [0.25, 0.3) is 0 Å². The molecule has 0 aromatic carbocycles. The van der Waals surface area contributed by atoms with Crippen molar-refractivity contribution in [2.75, 3.05) is 39.8 Å². The van der Waals surface area contributed by atoms with E-state index in [9.17, 15) is 0 Å². The molecule has 3 unspecified atom stereocenters. The summed E-state index contributed by atoms with van der Waals surface area (Å²) in [6.07, 6.45) is 7.02. The Balaban J connectivity index is 1.19. The molecular weight excluding hydrogens is 354 g/mol. The summed E-state index contributed by atoms with van der Waals surface area (Å²) in [4.78, 5) is 9.53. The number of ether oxygens (including phenoxy) is 1. The Morgan fingerprint density at radius 2 is 2.07 bits per heavy atom. The second-order valence-corrected chi connectivity index (χ2v) is 9.05. The first-order valence-electron chi connectivity index (χ1n) is 10.9. The van der Waals surface area contributed by atoms with Crippen molar-refractivity contribution in [2.45, 2.75) is 57.7 Å². The van der Waals surface area contributed by atoms with Crippen LogP contribution in [0.15, 0.2) is 15.6 Å². The molecular formula is C21H33N5O2. The smallest absolute Gasteiger partial charge is 0.193 e. The zero-order valence-corrected chi connectivity index (χ0v) is 17.2. The molecule has 2 aliphatic heterocycles. The van der Waals surface area contributed by atoms with Gasteiger partial charge >= 0.3 is 0 Å². The Morgan fingerprint density at radius 1 is 1.29 bits per heavy atom. The van der Waals surface area contributed by atoms with Gasteiger partial charge in [-0.05, 0) is 26.2 Å². The largest absolute Gasteiger partial charge is 0.377 e. The van der Waals surface area contributed by atoms with Crippen molar-refractivity contribution in [3.8, 4) is 0 Å². The summed E-state index contributed by atoms with van der Waals surface area (Å²) < 4.78 is 11.3. The highest BCUT2D eigenvalue weighted by Crippen LogP contribution is 2.60. The molecule has 154 valence electrons. The van der Waals surface area contributed by atoms with E-state index < -0.39 is 0 Å². The van der Waals surface area contributed by atoms with Crippen molar-refractivity contribution >= 4 is 5.96 Å². The summed E-state index contributed by atoms with van der Waals surface area (Å²) in [5, 5.41) is 8.03. The normalized spacial score (nSPS) is 32.6. The minimum Gasteiger partial charge on any atom is -0.377 e. The number of rotatable bonds is 3. The predicted molar refractivity (Wildman–Crippen MR) is 107 cm³/mol. The van der Waals surface area contributed by atoms with Crippen LogP contribution in [0.3, 0.4) is 0 Å². The maximum atomic E-state index is 6.14. The average molecular weight is 388 g/mol. The number of aromatic nitrogens is 1. The number of aryl methyl sites for hydroxylation is 1. The summed E-state index contributed by atoms with van der Waals surface area (Å²) in [5.74, 6) is 2.64. The fraction of sp³-hybridized carbons (Fsp3) is 0.810. The molecule has 2 saturated carbocycles. The molecule has 1 aromatic rings. The van der Waals surface area contributed by atoms with Gasteiger partial charge in [0.2, 0.25) is 0 Å². The van der Waals surface area contributed by atoms with Crippen LogP contribution in [-0.4, -0.2) is 72.9 Å². The van der Waals surface area contributed by atoms with Crippen LogP contribution in [0.2, 0.25) is 0 Å². The molecule has 0 amide bonds. The standard InChI is InChI=1S/C21H33N5O2/c1-15-13-16(24-28-15)14-25-8-10-26(11-9-25)20(22-2)23-18-17-5-12-27-19(17)21(18)6-3-4-7-21/h13,17-19H,3-12,14H2,1-2H3,(H,22,23). The van der Waals surface area contributed by atoms with Gasteiger partial charge in [0.25, 0.3) is 0 Å². The first kappa shape index (κ1) is 18.4. The third-order valence-electron chi connectivity index (χ3n) is 7.52. The first-order chi connectivity index (χ1) is 13.7. The zero-order chi connectivity index (χ0) is 19.1. The second kappa shape index (κ2) is 7.34. The van der Waals surface area contributed by atoms with Crippen LogP contribution in [0, 0.1) is 18.3 Å². The highest BCUT2D eigenvalue weighted by Gasteiger charge is 2.65. The molecule has 3 atom stereocenters. The lowest BCUT2D eigenvalue weighted by Crippen LogP contribution is -2.70. The molecule has 1 aromatic heterocycles. The van der Waals surface area contributed by atoms with Gasteiger partial charge in [0.05, 0.1) is 11.8 Å². The zero-order valence-electron chi connectivity index (χ0n) is 17.2. The minimum atomic E-state index is 0.365. The van der Waals surface area contributed by atoms with E-state index >= 15 is 0 Å². The number of hydrogen-bond donors (Lipinski definition) is 1. The molecule has 2 saturated heterocycles. The lowest BCUT2D eigenvalue weighted by Gasteiger charge is -2.57. The lowest BCUT2D eigenvalue weighted by molar-refractivity contribution is -0.125. The minimum absolute atomic E-state index is 0.365. The van der Waals surface area contributed by atoms with E-state index in [-0.39, 0.29) is 0 Å². The highest BCUT2D eigenvalue weighted by atomic mass is 16.5. The van der Waals surface area contributed by atoms with E-state index in [0.717, 1.165) is 56.7 Å². The number of fused-ring (bicyclic) bond motifs is 2. The van der Waals surface area contributed by atoms with Crippen molar-refractivity contribution in [3.63, 3.8) is 0 Å². The van der Waals surface area contributed by atoms with E-state index in [1.807, 2.05) is 20.0 Å². The Morgan fingerprint density at radius 3 is 2.75 bits per heavy atom. The summed E-state index contributed by atoms with van der Waals surface area (Å²) in [7, 11) is 1.93. The summed E-state index contributed by atoms with van der Waals surface area (Å²) in [5.41, 5.74) is 1.39. The lowest BCUT2D eigenvalue weighted by atomic mass is 9.54. The van der Waals surface area contributed by atoms with Gasteiger partial charge in [-0.2, -0.15) is 0 Å². The van der Waals surface area contributed by atoms with E-state index in [4.69, 9.17) is 9.26 Å². The van der Waals surface area contributed by atoms with Crippen molar-refractivity contribution in [2.24, 2.45) is 16.3 Å². The molecule has 2 aliphatic carbocycles. The number of aliphatic imine (C=N–C) groups is 1. The molecule has 4 fully saturated rings. The maximum absolute atomic E-state index is 6.14. The van der Waals surface area contributed by atoms with Crippen LogP contribution in [0.1, 0.15) is 43.6 Å². The topological polar surface area (TPSA) is 66.1 Å². The second-order valence-electron chi connectivity index (χ2n) is 9.05. The molecule has 0 bridgehead atoms. The van der Waals surface area contributed by atoms with Crippen molar-refractivity contribution in [1.82, 2.24) is 20.3 Å². The number of hydrogen-bond acceptors (Lipinski definition) is 5. The van der Waals surface area contributed by atoms with Gasteiger partial charge in [0.1, 0.15) is 5.76 Å². The SMILES string of the molecule is CN=C(NC1C2CCOC2C12CCCC2)N1CCN(Cc2cc(C)on2)CC1. The van der Waals surface area contributed by atoms with Gasteiger partial charge < -0.3 is 19.5 Å². The molecule has 0 radical (unpaired) electrons. The maximum Gasteiger partial charge on any atom is 0.193 e. The Hall–Kier alpha value is -1.60. The van der Waals surface area contributed by atoms with Gasteiger partial charge in [-0.1, -0.05) is 18.0 Å². The van der Waals surface area contributed by atoms with Gasteiger partial charge in [-0.3, -0.25) is 9.89 Å². The summed E-state index contributed by atoms with van der Waals surface area (Å²) in [6.45, 7) is 7.80. The van der Waals surface area contributed by atoms with Crippen molar-refractivity contribution in [1.29, 1.82) is 0 Å². The summed E-state index contributed by atoms with van der Waals surface area (Å²) in [6, 6.07) is 2.57. The number of nitrogens with one attached hydrogen (secondary N) is 1. The molecule has 7 nitrogen and oxygen atoms in total. The van der Waals surface area contributed by atoms with Crippen molar-refractivity contribution in [3.05, 3.63) is 17.5 Å². The first-order valence-corrected chi connectivity index (χ1v) is 10.9. The molecule has 1 N–H and O–H groups in total. The predicted octanol–water partition coefficient (Wildman–Crippen LogP) is 2.02. The Bertz CT molecular complexity index is 718. The van der Waals surface area contributed by atoms with Crippen LogP contribution in [-0.2, 0) is 11.3 Å². The van der Waals surface area contributed by atoms with Crippen LogP contribution in [0.4, 0.5) is 0 Å². The van der Waals surface area contributed by atoms with E-state index in [1.54, 1.807) is 0 Å². The van der Waals surface area contributed by atoms with Crippen LogP contribution >= 0.6 is 0 Å². The molecule has 28 heavy (non-hydrogen) atoms. The number of piperazine rings is 1. The van der Waals surface area contributed by atoms with Crippen molar-refractivity contribution < 1.29 is 9.26 Å². The highest BCUT2D eigenvalue weighted by molar-refractivity contribution is 5.80. The fourth-order valence-corrected chi connectivity index (χ4v) is 6.18. The van der Waals surface area contributed by atoms with Crippen LogP contribution < -0.4 is 5.32 Å². The molecule has 4 aliphatic rings.